The highest BCUT2D eigenvalue weighted by Gasteiger charge is 2.20. The van der Waals surface area contributed by atoms with Gasteiger partial charge in [-0.1, -0.05) is 13.0 Å². The molecular formula is C19H22BrF2N5O. The minimum atomic E-state index is -0.642. The molecule has 9 heteroatoms. The average molecular weight is 454 g/mol. The average Bonchev–Trinajstić information content (AvgIpc) is 2.98. The van der Waals surface area contributed by atoms with Crippen LogP contribution in [0, 0.1) is 11.6 Å². The minimum Gasteiger partial charge on any atom is -0.300 e. The largest absolute Gasteiger partial charge is 0.300 e. The Bertz CT molecular complexity index is 1150. The number of benzene rings is 1. The molecule has 0 radical (unpaired) electrons. The first-order valence-electron chi connectivity index (χ1n) is 9.26. The minimum absolute atomic E-state index is 0.105. The van der Waals surface area contributed by atoms with E-state index < -0.39 is 11.6 Å². The smallest absolute Gasteiger partial charge is 0.283 e. The fourth-order valence-corrected chi connectivity index (χ4v) is 3.75. The lowest BCUT2D eigenvalue weighted by molar-refractivity contribution is 0.544. The summed E-state index contributed by atoms with van der Waals surface area (Å²) in [5.41, 5.74) is 1.49. The van der Waals surface area contributed by atoms with Crippen LogP contribution in [0.5, 0.6) is 0 Å². The van der Waals surface area contributed by atoms with Crippen LogP contribution in [0.2, 0.25) is 0 Å². The van der Waals surface area contributed by atoms with Crippen LogP contribution in [0.4, 0.5) is 8.78 Å². The van der Waals surface area contributed by atoms with Gasteiger partial charge in [0.1, 0.15) is 17.3 Å². The van der Waals surface area contributed by atoms with E-state index in [1.54, 1.807) is 9.13 Å². The molecule has 0 aliphatic carbocycles. The molecule has 0 saturated carbocycles. The second-order valence-corrected chi connectivity index (χ2v) is 7.06. The molecule has 3 rings (SSSR count). The van der Waals surface area contributed by atoms with Crippen LogP contribution < -0.4 is 11.2 Å². The Balaban J connectivity index is 2.37. The second kappa shape index (κ2) is 8.38. The number of fused-ring (bicyclic) bond motifs is 1. The first-order chi connectivity index (χ1) is 13.4. The Morgan fingerprint density at radius 2 is 1.89 bits per heavy atom. The number of halogens is 3. The summed E-state index contributed by atoms with van der Waals surface area (Å²) in [6.07, 6.45) is 0.821. The van der Waals surface area contributed by atoms with Crippen molar-refractivity contribution >= 4 is 27.1 Å². The fourth-order valence-electron chi connectivity index (χ4n) is 3.28. The molecule has 0 aliphatic rings. The lowest BCUT2D eigenvalue weighted by Gasteiger charge is -2.16. The highest BCUT2D eigenvalue weighted by molar-refractivity contribution is 9.10. The number of imidazole rings is 1. The highest BCUT2D eigenvalue weighted by Crippen LogP contribution is 2.21. The molecule has 0 atom stereocenters. The normalized spacial score (nSPS) is 12.3. The summed E-state index contributed by atoms with van der Waals surface area (Å²) in [4.78, 5) is 21.9. The fraction of sp³-hybridized carbons (Fsp3) is 0.421. The van der Waals surface area contributed by atoms with E-state index in [2.05, 4.69) is 25.9 Å². The van der Waals surface area contributed by atoms with Gasteiger partial charge in [0.25, 0.3) is 5.56 Å². The monoisotopic (exact) mass is 453 g/mol. The molecule has 1 aromatic carbocycles. The summed E-state index contributed by atoms with van der Waals surface area (Å²) < 4.78 is 33.2. The zero-order valence-electron chi connectivity index (χ0n) is 16.0. The van der Waals surface area contributed by atoms with Crippen molar-refractivity contribution in [2.45, 2.75) is 46.8 Å². The molecule has 0 aliphatic heterocycles. The molecule has 3 aromatic rings. The molecule has 0 amide bonds. The quantitative estimate of drug-likeness (QED) is 0.536. The predicted molar refractivity (Wildman–Crippen MR) is 107 cm³/mol. The zero-order valence-corrected chi connectivity index (χ0v) is 17.6. The van der Waals surface area contributed by atoms with Crippen LogP contribution in [0.3, 0.4) is 0 Å². The molecular weight excluding hydrogens is 432 g/mol. The third-order valence-electron chi connectivity index (χ3n) is 4.49. The third-order valence-corrected chi connectivity index (χ3v) is 5.09. The molecule has 2 heterocycles. The van der Waals surface area contributed by atoms with E-state index >= 15 is 0 Å². The Hall–Kier alpha value is -2.29. The summed E-state index contributed by atoms with van der Waals surface area (Å²) >= 11 is 3.40. The first kappa shape index (κ1) is 20.4. The topological polar surface area (TPSA) is 57.1 Å². The first-order valence-corrected chi connectivity index (χ1v) is 10.1. The molecule has 28 heavy (non-hydrogen) atoms. The van der Waals surface area contributed by atoms with Crippen LogP contribution in [0.1, 0.15) is 32.8 Å². The molecule has 150 valence electrons. The van der Waals surface area contributed by atoms with Gasteiger partial charge in [-0.05, 0) is 42.3 Å². The lowest BCUT2D eigenvalue weighted by atomic mass is 10.2. The molecule has 0 spiro atoms. The van der Waals surface area contributed by atoms with Crippen LogP contribution in [0.25, 0.3) is 11.2 Å². The second-order valence-electron chi connectivity index (χ2n) is 6.35. The number of rotatable bonds is 6. The van der Waals surface area contributed by atoms with Gasteiger partial charge < -0.3 is 0 Å². The zero-order chi connectivity index (χ0) is 20.4. The van der Waals surface area contributed by atoms with Crippen molar-refractivity contribution in [3.05, 3.63) is 56.1 Å². The maximum atomic E-state index is 14.2. The number of aryl methyl sites for hydroxylation is 1. The van der Waals surface area contributed by atoms with Crippen LogP contribution in [0.15, 0.2) is 32.7 Å². The van der Waals surface area contributed by atoms with Gasteiger partial charge in [-0.25, -0.2) is 13.8 Å². The number of hydrogen-bond acceptors (Lipinski definition) is 3. The summed E-state index contributed by atoms with van der Waals surface area (Å²) in [6, 6.07) is 3.47. The standard InChI is InChI=1S/C19H22BrF2N5O/c1-4-9-26-16-15(17(28)25(6-3)19(26)23-5-2)24-18(20)27(16)11-12-7-8-13(21)10-14(12)22/h7-8,10H,4-6,9,11H2,1-3H3. The van der Waals surface area contributed by atoms with Gasteiger partial charge in [0.2, 0.25) is 5.62 Å². The highest BCUT2D eigenvalue weighted by atomic mass is 79.9. The van der Waals surface area contributed by atoms with Crippen molar-refractivity contribution in [3.8, 4) is 0 Å². The van der Waals surface area contributed by atoms with Crippen molar-refractivity contribution in [2.24, 2.45) is 4.99 Å². The van der Waals surface area contributed by atoms with E-state index in [9.17, 15) is 13.6 Å². The molecule has 0 N–H and O–H groups in total. The summed E-state index contributed by atoms with van der Waals surface area (Å²) in [7, 11) is 0. The van der Waals surface area contributed by atoms with Crippen molar-refractivity contribution < 1.29 is 8.78 Å². The van der Waals surface area contributed by atoms with Gasteiger partial charge in [0.15, 0.2) is 10.3 Å². The van der Waals surface area contributed by atoms with Crippen molar-refractivity contribution in [1.29, 1.82) is 0 Å². The summed E-state index contributed by atoms with van der Waals surface area (Å²) in [5, 5.41) is 0. The molecule has 0 fully saturated rings. The SMILES string of the molecule is CCCn1c(=NCC)n(CC)c(=O)c2nc(Br)n(Cc3ccc(F)cc3F)c21. The Labute approximate surface area is 169 Å². The van der Waals surface area contributed by atoms with Gasteiger partial charge in [-0.3, -0.25) is 23.5 Å². The van der Waals surface area contributed by atoms with E-state index in [1.807, 2.05) is 25.3 Å². The Kier molecular flexibility index (Phi) is 6.12. The Morgan fingerprint density at radius 1 is 1.14 bits per heavy atom. The number of hydrogen-bond donors (Lipinski definition) is 0. The van der Waals surface area contributed by atoms with Gasteiger partial charge in [0, 0.05) is 31.3 Å². The molecule has 2 aromatic heterocycles. The molecule has 0 bridgehead atoms. The van der Waals surface area contributed by atoms with E-state index in [0.717, 1.165) is 12.5 Å². The summed E-state index contributed by atoms with van der Waals surface area (Å²) in [6.45, 7) is 7.55. The predicted octanol–water partition coefficient (Wildman–Crippen LogP) is 3.44. The van der Waals surface area contributed by atoms with Gasteiger partial charge >= 0.3 is 0 Å². The van der Waals surface area contributed by atoms with Crippen LogP contribution in [-0.2, 0) is 19.6 Å². The van der Waals surface area contributed by atoms with Gasteiger partial charge in [-0.15, -0.1) is 0 Å². The Morgan fingerprint density at radius 3 is 2.50 bits per heavy atom. The van der Waals surface area contributed by atoms with Crippen LogP contribution in [-0.4, -0.2) is 25.2 Å². The van der Waals surface area contributed by atoms with Crippen molar-refractivity contribution in [1.82, 2.24) is 18.7 Å². The van der Waals surface area contributed by atoms with Crippen molar-refractivity contribution in [2.75, 3.05) is 6.54 Å². The van der Waals surface area contributed by atoms with Crippen LogP contribution >= 0.6 is 15.9 Å². The third kappa shape index (κ3) is 3.55. The molecule has 0 unspecified atom stereocenters. The van der Waals surface area contributed by atoms with E-state index in [1.165, 1.54) is 12.1 Å². The number of nitrogens with zero attached hydrogens (tertiary/aromatic N) is 5. The lowest BCUT2D eigenvalue weighted by Crippen LogP contribution is -2.41. The van der Waals surface area contributed by atoms with Gasteiger partial charge in [0.05, 0.1) is 6.54 Å². The van der Waals surface area contributed by atoms with Crippen molar-refractivity contribution in [3.63, 3.8) is 0 Å². The van der Waals surface area contributed by atoms with E-state index in [0.29, 0.717) is 46.7 Å². The molecule has 0 saturated heterocycles. The maximum Gasteiger partial charge on any atom is 0.283 e. The van der Waals surface area contributed by atoms with E-state index in [-0.39, 0.29) is 12.1 Å². The maximum absolute atomic E-state index is 14.2. The van der Waals surface area contributed by atoms with Gasteiger partial charge in [-0.2, -0.15) is 0 Å². The summed E-state index contributed by atoms with van der Waals surface area (Å²) in [5.74, 6) is -1.28. The number of aromatic nitrogens is 4. The van der Waals surface area contributed by atoms with E-state index in [4.69, 9.17) is 0 Å². The molecule has 6 nitrogen and oxygen atoms in total.